The van der Waals surface area contributed by atoms with Crippen LogP contribution in [-0.2, 0) is 4.79 Å². The molecule has 0 aromatic heterocycles. The summed E-state index contributed by atoms with van der Waals surface area (Å²) in [7, 11) is 0. The normalized spacial score (nSPS) is 20.9. The number of hydrogen-bond donors (Lipinski definition) is 2. The molecule has 0 radical (unpaired) electrons. The van der Waals surface area contributed by atoms with Crippen LogP contribution in [0.15, 0.2) is 29.2 Å². The van der Waals surface area contributed by atoms with Gasteiger partial charge in [0, 0.05) is 35.9 Å². The zero-order valence-corrected chi connectivity index (χ0v) is 14.2. The average molecular weight is 338 g/mol. The van der Waals surface area contributed by atoms with Crippen molar-refractivity contribution in [2.24, 2.45) is 0 Å². The Hall–Kier alpha value is -1.60. The van der Waals surface area contributed by atoms with E-state index in [1.807, 2.05) is 0 Å². The van der Waals surface area contributed by atoms with Crippen LogP contribution in [0, 0.1) is 10.1 Å². The molecule has 0 spiro atoms. The van der Waals surface area contributed by atoms with E-state index in [4.69, 9.17) is 0 Å². The second kappa shape index (κ2) is 8.88. The predicted octanol–water partition coefficient (Wildman–Crippen LogP) is 1.26. The Morgan fingerprint density at radius 3 is 2.57 bits per heavy atom. The Labute approximate surface area is 140 Å². The van der Waals surface area contributed by atoms with Crippen LogP contribution in [0.2, 0.25) is 0 Å². The number of likely N-dealkylation sites (tertiary alicyclic amines) is 1. The first-order valence-electron chi connectivity index (χ1n) is 8.08. The largest absolute Gasteiger partial charge is 0.352 e. The maximum atomic E-state index is 12.0. The molecule has 1 aliphatic heterocycles. The van der Waals surface area contributed by atoms with Crippen molar-refractivity contribution < 1.29 is 14.6 Å². The summed E-state index contributed by atoms with van der Waals surface area (Å²) in [6, 6.07) is 6.59. The number of amides is 1. The van der Waals surface area contributed by atoms with Crippen molar-refractivity contribution in [2.75, 3.05) is 25.4 Å². The van der Waals surface area contributed by atoms with Gasteiger partial charge in [-0.25, -0.2) is 0 Å². The van der Waals surface area contributed by atoms with Gasteiger partial charge in [-0.2, -0.15) is 0 Å². The minimum Gasteiger partial charge on any atom is -0.352 e. The highest BCUT2D eigenvalue weighted by Crippen LogP contribution is 2.21. The highest BCUT2D eigenvalue weighted by molar-refractivity contribution is 8.00. The monoisotopic (exact) mass is 338 g/mol. The molecular weight excluding hydrogens is 314 g/mol. The molecular formula is C16H24N3O3S+. The fourth-order valence-corrected chi connectivity index (χ4v) is 3.57. The van der Waals surface area contributed by atoms with E-state index in [2.05, 4.69) is 12.2 Å². The number of thioether (sulfide) groups is 1. The van der Waals surface area contributed by atoms with Crippen molar-refractivity contribution in [2.45, 2.75) is 37.1 Å². The second-order valence-electron chi connectivity index (χ2n) is 5.88. The number of nitro benzene ring substituents is 1. The van der Waals surface area contributed by atoms with E-state index in [1.165, 1.54) is 36.9 Å². The lowest BCUT2D eigenvalue weighted by Gasteiger charge is -2.29. The molecule has 6 nitrogen and oxygen atoms in total. The molecule has 1 heterocycles. The number of piperidine rings is 1. The van der Waals surface area contributed by atoms with E-state index >= 15 is 0 Å². The zero-order valence-electron chi connectivity index (χ0n) is 13.4. The smallest absolute Gasteiger partial charge is 0.269 e. The second-order valence-corrected chi connectivity index (χ2v) is 6.93. The van der Waals surface area contributed by atoms with Gasteiger partial charge in [-0.1, -0.05) is 6.92 Å². The molecule has 1 aliphatic rings. The third-order valence-corrected chi connectivity index (χ3v) is 5.09. The summed E-state index contributed by atoms with van der Waals surface area (Å²) in [6.45, 7) is 5.69. The lowest BCUT2D eigenvalue weighted by Crippen LogP contribution is -3.13. The van der Waals surface area contributed by atoms with Crippen LogP contribution in [0.25, 0.3) is 0 Å². The summed E-state index contributed by atoms with van der Waals surface area (Å²) >= 11 is 1.41. The maximum Gasteiger partial charge on any atom is 0.269 e. The van der Waals surface area contributed by atoms with E-state index in [9.17, 15) is 14.9 Å². The van der Waals surface area contributed by atoms with Crippen molar-refractivity contribution >= 4 is 23.4 Å². The molecule has 0 bridgehead atoms. The minimum absolute atomic E-state index is 0.0392. The van der Waals surface area contributed by atoms with Crippen LogP contribution in [0.1, 0.15) is 26.2 Å². The number of hydrogen-bond acceptors (Lipinski definition) is 4. The fraction of sp³-hybridized carbons (Fsp3) is 0.562. The number of benzene rings is 1. The van der Waals surface area contributed by atoms with Crippen LogP contribution in [0.3, 0.4) is 0 Å². The number of carbonyl (C=O) groups excluding carboxylic acids is 1. The first kappa shape index (κ1) is 17.7. The van der Waals surface area contributed by atoms with Gasteiger partial charge < -0.3 is 10.2 Å². The maximum absolute atomic E-state index is 12.0. The number of nitro groups is 1. The molecule has 2 rings (SSSR count). The fourth-order valence-electron chi connectivity index (χ4n) is 2.86. The quantitative estimate of drug-likeness (QED) is 0.446. The minimum atomic E-state index is -0.423. The van der Waals surface area contributed by atoms with Gasteiger partial charge in [-0.05, 0) is 18.6 Å². The van der Waals surface area contributed by atoms with Gasteiger partial charge in [-0.15, -0.1) is 11.8 Å². The molecule has 7 heteroatoms. The third-order valence-electron chi connectivity index (χ3n) is 4.08. The first-order chi connectivity index (χ1) is 11.1. The van der Waals surface area contributed by atoms with Crippen LogP contribution in [0.5, 0.6) is 0 Å². The Morgan fingerprint density at radius 1 is 1.35 bits per heavy atom. The van der Waals surface area contributed by atoms with E-state index < -0.39 is 4.92 Å². The third kappa shape index (κ3) is 5.84. The lowest BCUT2D eigenvalue weighted by molar-refractivity contribution is -0.905. The molecule has 1 saturated heterocycles. The van der Waals surface area contributed by atoms with Crippen LogP contribution in [-0.4, -0.2) is 42.3 Å². The lowest BCUT2D eigenvalue weighted by atomic mass is 10.1. The SMILES string of the molecule is CCC[NH+]1CCC(NC(=O)CSc2ccc([N+](=O)[O-])cc2)CC1. The molecule has 2 N–H and O–H groups in total. The van der Waals surface area contributed by atoms with Crippen LogP contribution >= 0.6 is 11.8 Å². The molecule has 0 saturated carbocycles. The highest BCUT2D eigenvalue weighted by Gasteiger charge is 2.22. The van der Waals surface area contributed by atoms with Gasteiger partial charge in [-0.3, -0.25) is 14.9 Å². The number of rotatable bonds is 7. The van der Waals surface area contributed by atoms with Crippen molar-refractivity contribution in [1.82, 2.24) is 5.32 Å². The van der Waals surface area contributed by atoms with Crippen LogP contribution in [0.4, 0.5) is 5.69 Å². The zero-order chi connectivity index (χ0) is 16.7. The summed E-state index contributed by atoms with van der Waals surface area (Å²) in [5.41, 5.74) is 0.0696. The van der Waals surface area contributed by atoms with Gasteiger partial charge in [0.25, 0.3) is 5.69 Å². The Morgan fingerprint density at radius 2 is 2.00 bits per heavy atom. The summed E-state index contributed by atoms with van der Waals surface area (Å²) in [6.07, 6.45) is 3.30. The van der Waals surface area contributed by atoms with E-state index in [1.54, 1.807) is 17.0 Å². The Balaban J connectivity index is 1.70. The summed E-state index contributed by atoms with van der Waals surface area (Å²) in [4.78, 5) is 24.7. The van der Waals surface area contributed by atoms with Gasteiger partial charge in [0.15, 0.2) is 0 Å². The number of carbonyl (C=O) groups is 1. The van der Waals surface area contributed by atoms with Gasteiger partial charge in [0.1, 0.15) is 0 Å². The Kier molecular flexibility index (Phi) is 6.85. The van der Waals surface area contributed by atoms with Gasteiger partial charge in [0.2, 0.25) is 5.91 Å². The molecule has 1 amide bonds. The molecule has 0 atom stereocenters. The number of nitrogens with zero attached hydrogens (tertiary/aromatic N) is 1. The standard InChI is InChI=1S/C16H23N3O3S/c1-2-9-18-10-7-13(8-11-18)17-16(20)12-23-15-5-3-14(4-6-15)19(21)22/h3-6,13H,2,7-12H2,1H3,(H,17,20)/p+1. The van der Waals surface area contributed by atoms with Gasteiger partial charge >= 0.3 is 0 Å². The Bertz CT molecular complexity index is 528. The van der Waals surface area contributed by atoms with Crippen molar-refractivity contribution in [3.05, 3.63) is 34.4 Å². The summed E-state index contributed by atoms with van der Waals surface area (Å²) in [5, 5.41) is 13.7. The highest BCUT2D eigenvalue weighted by atomic mass is 32.2. The molecule has 1 aromatic carbocycles. The van der Waals surface area contributed by atoms with Gasteiger partial charge in [0.05, 0.1) is 30.3 Å². The number of non-ortho nitro benzene ring substituents is 1. The first-order valence-corrected chi connectivity index (χ1v) is 9.07. The molecule has 126 valence electrons. The van der Waals surface area contributed by atoms with Crippen molar-refractivity contribution in [1.29, 1.82) is 0 Å². The van der Waals surface area contributed by atoms with E-state index in [-0.39, 0.29) is 11.6 Å². The number of nitrogens with one attached hydrogen (secondary N) is 2. The predicted molar refractivity (Wildman–Crippen MR) is 90.8 cm³/mol. The van der Waals surface area contributed by atoms with Crippen molar-refractivity contribution in [3.63, 3.8) is 0 Å². The molecule has 1 fully saturated rings. The summed E-state index contributed by atoms with van der Waals surface area (Å²) < 4.78 is 0. The topological polar surface area (TPSA) is 76.7 Å². The summed E-state index contributed by atoms with van der Waals surface area (Å²) in [5.74, 6) is 0.386. The molecule has 0 aliphatic carbocycles. The van der Waals surface area contributed by atoms with E-state index in [0.29, 0.717) is 11.8 Å². The molecule has 1 aromatic rings. The number of quaternary nitrogens is 1. The molecule has 0 unspecified atom stereocenters. The average Bonchev–Trinajstić information content (AvgIpc) is 2.55. The van der Waals surface area contributed by atoms with E-state index in [0.717, 1.165) is 30.8 Å². The van der Waals surface area contributed by atoms with Crippen LogP contribution < -0.4 is 10.2 Å². The van der Waals surface area contributed by atoms with Crippen molar-refractivity contribution in [3.8, 4) is 0 Å². The molecule has 23 heavy (non-hydrogen) atoms.